The second-order valence-electron chi connectivity index (χ2n) is 7.53. The van der Waals surface area contributed by atoms with Crippen molar-refractivity contribution in [3.63, 3.8) is 0 Å². The van der Waals surface area contributed by atoms with E-state index in [9.17, 15) is 5.11 Å². The Bertz CT molecular complexity index is 226. The molecule has 1 aliphatic rings. The average Bonchev–Trinajstić information content (AvgIpc) is 2.90. The lowest BCUT2D eigenvalue weighted by Crippen LogP contribution is -2.21. The van der Waals surface area contributed by atoms with Crippen molar-refractivity contribution in [2.45, 2.75) is 106 Å². The van der Waals surface area contributed by atoms with Gasteiger partial charge in [-0.1, -0.05) is 75.2 Å². The molecule has 0 radical (unpaired) electrons. The number of hydrogen-bond donors (Lipinski definition) is 1. The fourth-order valence-corrected chi connectivity index (χ4v) is 2.67. The Hall–Kier alpha value is -0.370. The van der Waals surface area contributed by atoms with Gasteiger partial charge in [-0.2, -0.15) is 0 Å². The van der Waals surface area contributed by atoms with Crippen molar-refractivity contribution in [2.75, 3.05) is 0 Å². The summed E-state index contributed by atoms with van der Waals surface area (Å²) in [4.78, 5) is 8.00. The summed E-state index contributed by atoms with van der Waals surface area (Å²) in [5.74, 6) is 1.63. The van der Waals surface area contributed by atoms with E-state index in [0.717, 1.165) is 31.1 Å². The number of carbonyl (C=O) groups excluding carboxylic acids is 1. The molecule has 1 N–H and O–H groups in total. The van der Waals surface area contributed by atoms with Crippen LogP contribution in [0.3, 0.4) is 0 Å². The Kier molecular flexibility index (Phi) is 17.2. The van der Waals surface area contributed by atoms with E-state index >= 15 is 0 Å². The summed E-state index contributed by atoms with van der Waals surface area (Å²) in [5, 5.41) is 9.50. The van der Waals surface area contributed by atoms with Crippen molar-refractivity contribution in [1.29, 1.82) is 0 Å². The SMILES string of the molecule is C=O.CC.CC(C)CC(C)(C)C(C)C.CCC1(O)CCCC1. The van der Waals surface area contributed by atoms with E-state index in [-0.39, 0.29) is 5.60 Å². The molecule has 1 rings (SSSR count). The zero-order chi connectivity index (χ0) is 18.4. The number of hydrogen-bond acceptors (Lipinski definition) is 2. The number of carbonyl (C=O) groups is 1. The van der Waals surface area contributed by atoms with Crippen molar-refractivity contribution < 1.29 is 9.90 Å². The molecular weight excluding hydrogens is 272 g/mol. The largest absolute Gasteiger partial charge is 0.390 e. The predicted molar refractivity (Wildman–Crippen MR) is 100 cm³/mol. The van der Waals surface area contributed by atoms with Gasteiger partial charge in [0.25, 0.3) is 0 Å². The topological polar surface area (TPSA) is 37.3 Å². The molecule has 1 fully saturated rings. The lowest BCUT2D eigenvalue weighted by atomic mass is 9.75. The Labute approximate surface area is 141 Å². The summed E-state index contributed by atoms with van der Waals surface area (Å²) >= 11 is 0. The maximum Gasteiger partial charge on any atom is 0.106 e. The van der Waals surface area contributed by atoms with Gasteiger partial charge in [0.1, 0.15) is 6.79 Å². The molecule has 22 heavy (non-hydrogen) atoms. The van der Waals surface area contributed by atoms with Gasteiger partial charge in [0.2, 0.25) is 0 Å². The van der Waals surface area contributed by atoms with E-state index in [1.807, 2.05) is 20.6 Å². The third kappa shape index (κ3) is 13.3. The fraction of sp³-hybridized carbons (Fsp3) is 0.950. The second-order valence-corrected chi connectivity index (χ2v) is 7.53. The van der Waals surface area contributed by atoms with E-state index in [4.69, 9.17) is 4.79 Å². The van der Waals surface area contributed by atoms with Crippen LogP contribution in [0, 0.1) is 17.3 Å². The normalized spacial score (nSPS) is 16.0. The van der Waals surface area contributed by atoms with Crippen LogP contribution in [0.4, 0.5) is 0 Å². The van der Waals surface area contributed by atoms with Crippen LogP contribution in [0.5, 0.6) is 0 Å². The van der Waals surface area contributed by atoms with Gasteiger partial charge >= 0.3 is 0 Å². The highest BCUT2D eigenvalue weighted by Gasteiger charge is 2.28. The van der Waals surface area contributed by atoms with Crippen LogP contribution in [0.2, 0.25) is 0 Å². The predicted octanol–water partition coefficient (Wildman–Crippen LogP) is 6.26. The third-order valence-electron chi connectivity index (χ3n) is 4.69. The molecule has 0 aliphatic heterocycles. The van der Waals surface area contributed by atoms with Crippen molar-refractivity contribution in [3.8, 4) is 0 Å². The molecule has 0 aromatic rings. The van der Waals surface area contributed by atoms with E-state index in [0.29, 0.717) is 5.41 Å². The Morgan fingerprint density at radius 2 is 1.41 bits per heavy atom. The zero-order valence-corrected chi connectivity index (χ0v) is 17.0. The van der Waals surface area contributed by atoms with E-state index < -0.39 is 0 Å². The molecule has 2 nitrogen and oxygen atoms in total. The van der Waals surface area contributed by atoms with Gasteiger partial charge in [-0.25, -0.2) is 0 Å². The first-order valence-corrected chi connectivity index (χ1v) is 9.14. The zero-order valence-electron chi connectivity index (χ0n) is 17.0. The minimum Gasteiger partial charge on any atom is -0.390 e. The van der Waals surface area contributed by atoms with Crippen LogP contribution in [-0.2, 0) is 4.79 Å². The molecule has 0 atom stereocenters. The monoisotopic (exact) mass is 316 g/mol. The Morgan fingerprint density at radius 3 is 1.55 bits per heavy atom. The van der Waals surface area contributed by atoms with Crippen LogP contribution in [0.15, 0.2) is 0 Å². The number of rotatable bonds is 4. The summed E-state index contributed by atoms with van der Waals surface area (Å²) in [7, 11) is 0. The van der Waals surface area contributed by atoms with Gasteiger partial charge in [-0.3, -0.25) is 0 Å². The minimum absolute atomic E-state index is 0.264. The molecule has 2 heteroatoms. The summed E-state index contributed by atoms with van der Waals surface area (Å²) < 4.78 is 0. The molecule has 0 aromatic carbocycles. The van der Waals surface area contributed by atoms with Gasteiger partial charge in [-0.15, -0.1) is 0 Å². The average molecular weight is 317 g/mol. The fourth-order valence-electron chi connectivity index (χ4n) is 2.67. The highest BCUT2D eigenvalue weighted by molar-refractivity contribution is 5.11. The molecule has 136 valence electrons. The second kappa shape index (κ2) is 14.2. The molecule has 0 amide bonds. The first kappa shape index (κ1) is 26.5. The van der Waals surface area contributed by atoms with Crippen molar-refractivity contribution in [1.82, 2.24) is 0 Å². The quantitative estimate of drug-likeness (QED) is 0.664. The van der Waals surface area contributed by atoms with Crippen molar-refractivity contribution >= 4 is 6.79 Å². The van der Waals surface area contributed by atoms with Crippen molar-refractivity contribution in [3.05, 3.63) is 0 Å². The van der Waals surface area contributed by atoms with E-state index in [1.165, 1.54) is 19.3 Å². The maximum absolute atomic E-state index is 9.50. The van der Waals surface area contributed by atoms with Gasteiger partial charge in [0.05, 0.1) is 5.60 Å². The smallest absolute Gasteiger partial charge is 0.106 e. The van der Waals surface area contributed by atoms with Gasteiger partial charge < -0.3 is 9.90 Å². The van der Waals surface area contributed by atoms with Crippen LogP contribution in [-0.4, -0.2) is 17.5 Å². The standard InChI is InChI=1S/C10H22.C7H14O.C2H6.CH2O/c1-8(2)7-10(5,6)9(3)4;1-2-7(8)5-3-4-6-7;2*1-2/h8-9H,7H2,1-6H3;8H,2-6H2,1H3;1-2H3;1H2. The summed E-state index contributed by atoms with van der Waals surface area (Å²) in [6.07, 6.45) is 6.79. The summed E-state index contributed by atoms with van der Waals surface area (Å²) in [6.45, 7) is 22.0. The molecule has 0 bridgehead atoms. The maximum atomic E-state index is 9.50. The highest BCUT2D eigenvalue weighted by atomic mass is 16.3. The molecule has 0 heterocycles. The minimum atomic E-state index is -0.264. The Morgan fingerprint density at radius 1 is 1.05 bits per heavy atom. The molecule has 0 unspecified atom stereocenters. The summed E-state index contributed by atoms with van der Waals surface area (Å²) in [6, 6.07) is 0. The van der Waals surface area contributed by atoms with Crippen molar-refractivity contribution in [2.24, 2.45) is 17.3 Å². The van der Waals surface area contributed by atoms with Crippen LogP contribution < -0.4 is 0 Å². The molecule has 0 spiro atoms. The molecule has 0 aromatic heterocycles. The first-order valence-electron chi connectivity index (χ1n) is 9.14. The molecular formula is C20H44O2. The molecule has 1 saturated carbocycles. The van der Waals surface area contributed by atoms with Crippen LogP contribution in [0.1, 0.15) is 101 Å². The van der Waals surface area contributed by atoms with Crippen LogP contribution in [0.25, 0.3) is 0 Å². The van der Waals surface area contributed by atoms with Gasteiger partial charge in [0, 0.05) is 0 Å². The van der Waals surface area contributed by atoms with Crippen LogP contribution >= 0.6 is 0 Å². The Balaban J connectivity index is -0.000000270. The molecule has 1 aliphatic carbocycles. The van der Waals surface area contributed by atoms with Gasteiger partial charge in [0.15, 0.2) is 0 Å². The first-order chi connectivity index (χ1) is 10.1. The third-order valence-corrected chi connectivity index (χ3v) is 4.69. The van der Waals surface area contributed by atoms with E-state index in [1.54, 1.807) is 0 Å². The lowest BCUT2D eigenvalue weighted by Gasteiger charge is -2.30. The van der Waals surface area contributed by atoms with Gasteiger partial charge in [-0.05, 0) is 42.9 Å². The molecule has 0 saturated heterocycles. The number of aliphatic hydroxyl groups is 1. The summed E-state index contributed by atoms with van der Waals surface area (Å²) in [5.41, 5.74) is 0.258. The highest BCUT2D eigenvalue weighted by Crippen LogP contribution is 2.33. The lowest BCUT2D eigenvalue weighted by molar-refractivity contribution is -0.0980. The van der Waals surface area contributed by atoms with E-state index in [2.05, 4.69) is 48.5 Å².